The Kier molecular flexibility index (Phi) is 4.35. The zero-order chi connectivity index (χ0) is 13.8. The molecule has 5 heteroatoms. The van der Waals surface area contributed by atoms with Gasteiger partial charge in [0.1, 0.15) is 23.2 Å². The Bertz CT molecular complexity index is 618. The van der Waals surface area contributed by atoms with E-state index in [1.54, 1.807) is 0 Å². The van der Waals surface area contributed by atoms with E-state index in [2.05, 4.69) is 0 Å². The maximum atomic E-state index is 12.9. The highest BCUT2D eigenvalue weighted by Gasteiger charge is 2.04. The molecule has 0 atom stereocenters. The summed E-state index contributed by atoms with van der Waals surface area (Å²) in [4.78, 5) is 0.335. The normalized spacial score (nSPS) is 10.2. The Morgan fingerprint density at radius 3 is 2.74 bits per heavy atom. The van der Waals surface area contributed by atoms with Crippen LogP contribution in [0, 0.1) is 5.82 Å². The van der Waals surface area contributed by atoms with Crippen molar-refractivity contribution in [3.8, 4) is 5.75 Å². The number of hydrogen-bond acceptors (Lipinski definition) is 2. The molecule has 0 fully saturated rings. The third-order valence-electron chi connectivity index (χ3n) is 2.50. The van der Waals surface area contributed by atoms with Gasteiger partial charge >= 0.3 is 0 Å². The van der Waals surface area contributed by atoms with E-state index < -0.39 is 5.82 Å². The van der Waals surface area contributed by atoms with Crippen LogP contribution in [-0.4, -0.2) is 4.99 Å². The lowest BCUT2D eigenvalue weighted by molar-refractivity contribution is 0.306. The van der Waals surface area contributed by atoms with Gasteiger partial charge in [-0.15, -0.1) is 0 Å². The van der Waals surface area contributed by atoms with E-state index in [4.69, 9.17) is 34.3 Å². The fraction of sp³-hybridized carbons (Fsp3) is 0.0714. The van der Waals surface area contributed by atoms with Gasteiger partial charge in [0.25, 0.3) is 0 Å². The van der Waals surface area contributed by atoms with Crippen molar-refractivity contribution in [1.82, 2.24) is 0 Å². The summed E-state index contributed by atoms with van der Waals surface area (Å²) in [6, 6.07) is 11.4. The lowest BCUT2D eigenvalue weighted by atomic mass is 10.1. The summed E-state index contributed by atoms with van der Waals surface area (Å²) in [5.41, 5.74) is 7.25. The molecule has 2 aromatic carbocycles. The molecule has 2 aromatic rings. The number of nitrogens with two attached hydrogens (primary N) is 1. The predicted molar refractivity (Wildman–Crippen MR) is 78.1 cm³/mol. The summed E-state index contributed by atoms with van der Waals surface area (Å²) in [5.74, 6) is 0.0385. The lowest BCUT2D eigenvalue weighted by Gasteiger charge is -2.09. The van der Waals surface area contributed by atoms with Crippen molar-refractivity contribution in [2.45, 2.75) is 6.61 Å². The van der Waals surface area contributed by atoms with Gasteiger partial charge in [-0.1, -0.05) is 42.0 Å². The standard InChI is InChI=1S/C14H11ClFNOS/c15-12-7-11(16)4-5-13(12)18-8-9-2-1-3-10(6-9)14(17)19/h1-7H,8H2,(H2,17,19). The first-order chi connectivity index (χ1) is 9.06. The monoisotopic (exact) mass is 295 g/mol. The Hall–Kier alpha value is -1.65. The SMILES string of the molecule is NC(=S)c1cccc(COc2ccc(F)cc2Cl)c1. The van der Waals surface area contributed by atoms with Gasteiger partial charge in [-0.05, 0) is 29.8 Å². The molecule has 98 valence electrons. The number of rotatable bonds is 4. The van der Waals surface area contributed by atoms with Crippen LogP contribution in [0.4, 0.5) is 4.39 Å². The van der Waals surface area contributed by atoms with Crippen molar-refractivity contribution in [1.29, 1.82) is 0 Å². The van der Waals surface area contributed by atoms with E-state index in [0.29, 0.717) is 17.3 Å². The van der Waals surface area contributed by atoms with E-state index in [0.717, 1.165) is 11.1 Å². The Labute approximate surface area is 120 Å². The van der Waals surface area contributed by atoms with Crippen LogP contribution in [0.15, 0.2) is 42.5 Å². The minimum Gasteiger partial charge on any atom is -0.487 e. The van der Waals surface area contributed by atoms with Crippen LogP contribution in [-0.2, 0) is 6.61 Å². The van der Waals surface area contributed by atoms with Gasteiger partial charge in [0.05, 0.1) is 5.02 Å². The molecule has 0 saturated carbocycles. The van der Waals surface area contributed by atoms with Gasteiger partial charge in [0.15, 0.2) is 0 Å². The third-order valence-corrected chi connectivity index (χ3v) is 3.03. The lowest BCUT2D eigenvalue weighted by Crippen LogP contribution is -2.09. The summed E-state index contributed by atoms with van der Waals surface area (Å²) in [5, 5.41) is 0.241. The van der Waals surface area contributed by atoms with Gasteiger partial charge in [-0.3, -0.25) is 0 Å². The van der Waals surface area contributed by atoms with Crippen molar-refractivity contribution in [3.63, 3.8) is 0 Å². The number of hydrogen-bond donors (Lipinski definition) is 1. The average molecular weight is 296 g/mol. The van der Waals surface area contributed by atoms with Crippen LogP contribution in [0.5, 0.6) is 5.75 Å². The molecular formula is C14H11ClFNOS. The fourth-order valence-electron chi connectivity index (χ4n) is 1.57. The minimum atomic E-state index is -0.396. The molecule has 0 amide bonds. The van der Waals surface area contributed by atoms with Crippen LogP contribution >= 0.6 is 23.8 Å². The highest BCUT2D eigenvalue weighted by molar-refractivity contribution is 7.80. The van der Waals surface area contributed by atoms with Gasteiger partial charge in [0, 0.05) is 5.56 Å². The molecule has 0 spiro atoms. The van der Waals surface area contributed by atoms with Crippen molar-refractivity contribution in [2.24, 2.45) is 5.73 Å². The second kappa shape index (κ2) is 5.99. The quantitative estimate of drug-likeness (QED) is 0.874. The van der Waals surface area contributed by atoms with Crippen molar-refractivity contribution >= 4 is 28.8 Å². The molecule has 0 aromatic heterocycles. The maximum absolute atomic E-state index is 12.9. The Balaban J connectivity index is 2.10. The second-order valence-corrected chi connectivity index (χ2v) is 4.78. The number of ether oxygens (including phenoxy) is 1. The van der Waals surface area contributed by atoms with Gasteiger partial charge in [-0.2, -0.15) is 0 Å². The highest BCUT2D eigenvalue weighted by atomic mass is 35.5. The molecule has 2 nitrogen and oxygen atoms in total. The molecule has 0 bridgehead atoms. The molecule has 19 heavy (non-hydrogen) atoms. The van der Waals surface area contributed by atoms with Crippen LogP contribution < -0.4 is 10.5 Å². The minimum absolute atomic E-state index is 0.241. The predicted octanol–water partition coefficient (Wildman–Crippen LogP) is 3.69. The first-order valence-electron chi connectivity index (χ1n) is 5.53. The summed E-state index contributed by atoms with van der Waals surface area (Å²) in [7, 11) is 0. The maximum Gasteiger partial charge on any atom is 0.138 e. The molecule has 0 aliphatic carbocycles. The van der Waals surface area contributed by atoms with Gasteiger partial charge < -0.3 is 10.5 Å². The van der Waals surface area contributed by atoms with Crippen LogP contribution in [0.3, 0.4) is 0 Å². The fourth-order valence-corrected chi connectivity index (χ4v) is 1.92. The Morgan fingerprint density at radius 2 is 2.05 bits per heavy atom. The van der Waals surface area contributed by atoms with Crippen LogP contribution in [0.25, 0.3) is 0 Å². The smallest absolute Gasteiger partial charge is 0.138 e. The van der Waals surface area contributed by atoms with E-state index in [-0.39, 0.29) is 5.02 Å². The summed E-state index contributed by atoms with van der Waals surface area (Å²) in [6.45, 7) is 0.307. The average Bonchev–Trinajstić information content (AvgIpc) is 2.38. The molecule has 2 N–H and O–H groups in total. The molecule has 0 heterocycles. The first kappa shape index (κ1) is 13.8. The third kappa shape index (κ3) is 3.66. The van der Waals surface area contributed by atoms with Crippen molar-refractivity contribution in [3.05, 3.63) is 64.4 Å². The topological polar surface area (TPSA) is 35.2 Å². The zero-order valence-corrected chi connectivity index (χ0v) is 11.5. The van der Waals surface area contributed by atoms with Crippen LogP contribution in [0.1, 0.15) is 11.1 Å². The first-order valence-corrected chi connectivity index (χ1v) is 6.31. The molecule has 0 unspecified atom stereocenters. The summed E-state index contributed by atoms with van der Waals surface area (Å²) in [6.07, 6.45) is 0. The van der Waals surface area contributed by atoms with E-state index in [1.807, 2.05) is 24.3 Å². The molecule has 2 rings (SSSR count). The van der Waals surface area contributed by atoms with Crippen LogP contribution in [0.2, 0.25) is 5.02 Å². The molecule has 0 radical (unpaired) electrons. The second-order valence-electron chi connectivity index (χ2n) is 3.93. The number of benzene rings is 2. The number of thiocarbonyl (C=S) groups is 1. The molecule has 0 saturated heterocycles. The zero-order valence-electron chi connectivity index (χ0n) is 9.90. The van der Waals surface area contributed by atoms with E-state index in [9.17, 15) is 4.39 Å². The molecule has 0 aliphatic heterocycles. The van der Waals surface area contributed by atoms with Gasteiger partial charge in [-0.25, -0.2) is 4.39 Å². The van der Waals surface area contributed by atoms with E-state index in [1.165, 1.54) is 18.2 Å². The van der Waals surface area contributed by atoms with Gasteiger partial charge in [0.2, 0.25) is 0 Å². The molecule has 0 aliphatic rings. The Morgan fingerprint density at radius 1 is 1.26 bits per heavy atom. The number of halogens is 2. The molecular weight excluding hydrogens is 285 g/mol. The van der Waals surface area contributed by atoms with E-state index >= 15 is 0 Å². The van der Waals surface area contributed by atoms with Crippen molar-refractivity contribution in [2.75, 3.05) is 0 Å². The summed E-state index contributed by atoms with van der Waals surface area (Å²) >= 11 is 10.8. The van der Waals surface area contributed by atoms with Crippen molar-refractivity contribution < 1.29 is 9.13 Å². The summed E-state index contributed by atoms with van der Waals surface area (Å²) < 4.78 is 18.4. The highest BCUT2D eigenvalue weighted by Crippen LogP contribution is 2.25. The largest absolute Gasteiger partial charge is 0.487 e.